The van der Waals surface area contributed by atoms with Crippen molar-refractivity contribution in [2.75, 3.05) is 19.8 Å². The molecule has 1 aromatic carbocycles. The molecule has 1 saturated carbocycles. The second-order valence-corrected chi connectivity index (χ2v) is 5.51. The van der Waals surface area contributed by atoms with Gasteiger partial charge in [0.25, 0.3) is 0 Å². The number of aliphatic hydroxyl groups excluding tert-OH is 1. The first-order chi connectivity index (χ1) is 9.67. The third kappa shape index (κ3) is 4.94. The second kappa shape index (κ2) is 7.84. The zero-order chi connectivity index (χ0) is 14.4. The highest BCUT2D eigenvalue weighted by molar-refractivity contribution is 6.30. The summed E-state index contributed by atoms with van der Waals surface area (Å²) in [5.41, 5.74) is 0. The topological polar surface area (TPSA) is 50.7 Å². The van der Waals surface area contributed by atoms with E-state index in [1.807, 2.05) is 19.1 Å². The summed E-state index contributed by atoms with van der Waals surface area (Å²) in [6.45, 7) is 3.57. The maximum atomic E-state index is 9.87. The molecule has 0 heterocycles. The van der Waals surface area contributed by atoms with Crippen LogP contribution in [0.3, 0.4) is 0 Å². The van der Waals surface area contributed by atoms with Gasteiger partial charge >= 0.3 is 0 Å². The molecule has 4 nitrogen and oxygen atoms in total. The highest BCUT2D eigenvalue weighted by Crippen LogP contribution is 2.23. The predicted molar refractivity (Wildman–Crippen MR) is 79.4 cm³/mol. The Kier molecular flexibility index (Phi) is 6.10. The Morgan fingerprint density at radius 1 is 1.45 bits per heavy atom. The fraction of sp³-hybridized carbons (Fsp3) is 0.600. The van der Waals surface area contributed by atoms with Crippen LogP contribution in [0.1, 0.15) is 19.8 Å². The fourth-order valence-electron chi connectivity index (χ4n) is 2.21. The molecule has 112 valence electrons. The molecule has 1 aliphatic carbocycles. The van der Waals surface area contributed by atoms with Crippen molar-refractivity contribution in [3.05, 3.63) is 29.3 Å². The Balaban J connectivity index is 1.58. The molecule has 1 unspecified atom stereocenters. The molecular formula is C15H22ClNO3. The highest BCUT2D eigenvalue weighted by Gasteiger charge is 2.29. The van der Waals surface area contributed by atoms with Gasteiger partial charge in [-0.15, -0.1) is 0 Å². The van der Waals surface area contributed by atoms with Crippen LogP contribution in [0.25, 0.3) is 0 Å². The molecule has 20 heavy (non-hydrogen) atoms. The Hall–Kier alpha value is -0.810. The van der Waals surface area contributed by atoms with Crippen LogP contribution in [-0.2, 0) is 4.74 Å². The number of rotatable bonds is 8. The van der Waals surface area contributed by atoms with E-state index in [9.17, 15) is 5.11 Å². The summed E-state index contributed by atoms with van der Waals surface area (Å²) in [5.74, 6) is 0.677. The first-order valence-electron chi connectivity index (χ1n) is 7.08. The lowest BCUT2D eigenvalue weighted by molar-refractivity contribution is -0.0134. The van der Waals surface area contributed by atoms with Crippen LogP contribution < -0.4 is 10.1 Å². The molecular weight excluding hydrogens is 278 g/mol. The molecule has 0 radical (unpaired) electrons. The Bertz CT molecular complexity index is 410. The Labute approximate surface area is 125 Å². The van der Waals surface area contributed by atoms with E-state index in [2.05, 4.69) is 5.32 Å². The van der Waals surface area contributed by atoms with Gasteiger partial charge in [0.05, 0.1) is 6.10 Å². The fourth-order valence-corrected chi connectivity index (χ4v) is 2.40. The van der Waals surface area contributed by atoms with Crippen molar-refractivity contribution in [3.8, 4) is 5.75 Å². The van der Waals surface area contributed by atoms with E-state index in [0.29, 0.717) is 29.5 Å². The van der Waals surface area contributed by atoms with Gasteiger partial charge in [0.1, 0.15) is 18.5 Å². The largest absolute Gasteiger partial charge is 0.491 e. The maximum Gasteiger partial charge on any atom is 0.120 e. The van der Waals surface area contributed by atoms with E-state index < -0.39 is 6.10 Å². The zero-order valence-electron chi connectivity index (χ0n) is 11.7. The van der Waals surface area contributed by atoms with Crippen LogP contribution in [0.5, 0.6) is 5.75 Å². The molecule has 0 saturated heterocycles. The number of hydrogen-bond acceptors (Lipinski definition) is 4. The summed E-state index contributed by atoms with van der Waals surface area (Å²) in [5, 5.41) is 13.8. The van der Waals surface area contributed by atoms with E-state index in [-0.39, 0.29) is 6.61 Å². The van der Waals surface area contributed by atoms with Crippen molar-refractivity contribution in [3.63, 3.8) is 0 Å². The second-order valence-electron chi connectivity index (χ2n) is 5.08. The molecule has 2 rings (SSSR count). The Morgan fingerprint density at radius 3 is 2.95 bits per heavy atom. The van der Waals surface area contributed by atoms with Gasteiger partial charge in [0.2, 0.25) is 0 Å². The summed E-state index contributed by atoms with van der Waals surface area (Å²) in [6.07, 6.45) is 1.91. The van der Waals surface area contributed by atoms with Crippen LogP contribution >= 0.6 is 11.6 Å². The van der Waals surface area contributed by atoms with E-state index in [1.54, 1.807) is 12.1 Å². The normalized spacial score (nSPS) is 23.1. The highest BCUT2D eigenvalue weighted by atomic mass is 35.5. The van der Waals surface area contributed by atoms with Gasteiger partial charge in [-0.3, -0.25) is 0 Å². The third-order valence-corrected chi connectivity index (χ3v) is 3.61. The zero-order valence-corrected chi connectivity index (χ0v) is 12.5. The van der Waals surface area contributed by atoms with Crippen molar-refractivity contribution in [1.29, 1.82) is 0 Å². The summed E-state index contributed by atoms with van der Waals surface area (Å²) in [7, 11) is 0. The SMILES string of the molecule is CCOC1CC(NCC(O)COc2cccc(Cl)c2)C1. The summed E-state index contributed by atoms with van der Waals surface area (Å²) in [4.78, 5) is 0. The summed E-state index contributed by atoms with van der Waals surface area (Å²) >= 11 is 5.86. The lowest BCUT2D eigenvalue weighted by Crippen LogP contribution is -2.48. The molecule has 1 fully saturated rings. The van der Waals surface area contributed by atoms with Crippen LogP contribution in [-0.4, -0.2) is 43.1 Å². The standard InChI is InChI=1S/C15H22ClNO3/c1-2-19-15-7-12(8-15)17-9-13(18)10-20-14-5-3-4-11(16)6-14/h3-6,12-13,15,17-18H,2,7-10H2,1H3. The molecule has 1 aliphatic rings. The Morgan fingerprint density at radius 2 is 2.25 bits per heavy atom. The lowest BCUT2D eigenvalue weighted by Gasteiger charge is -2.36. The number of ether oxygens (including phenoxy) is 2. The minimum Gasteiger partial charge on any atom is -0.491 e. The van der Waals surface area contributed by atoms with Gasteiger partial charge in [-0.2, -0.15) is 0 Å². The quantitative estimate of drug-likeness (QED) is 0.773. The molecule has 0 amide bonds. The van der Waals surface area contributed by atoms with Gasteiger partial charge in [0.15, 0.2) is 0 Å². The first kappa shape index (κ1) is 15.6. The van der Waals surface area contributed by atoms with E-state index in [1.165, 1.54) is 0 Å². The van der Waals surface area contributed by atoms with Gasteiger partial charge in [0, 0.05) is 24.2 Å². The lowest BCUT2D eigenvalue weighted by atomic mass is 9.89. The van der Waals surface area contributed by atoms with Crippen molar-refractivity contribution in [2.45, 2.75) is 38.0 Å². The van der Waals surface area contributed by atoms with E-state index in [4.69, 9.17) is 21.1 Å². The predicted octanol–water partition coefficient (Wildman–Crippen LogP) is 2.24. The molecule has 0 bridgehead atoms. The van der Waals surface area contributed by atoms with Crippen LogP contribution in [0.2, 0.25) is 5.02 Å². The molecule has 0 aliphatic heterocycles. The number of hydrogen-bond donors (Lipinski definition) is 2. The van der Waals surface area contributed by atoms with Crippen molar-refractivity contribution >= 4 is 11.6 Å². The van der Waals surface area contributed by atoms with Crippen LogP contribution in [0.4, 0.5) is 0 Å². The average molecular weight is 300 g/mol. The van der Waals surface area contributed by atoms with Gasteiger partial charge in [-0.1, -0.05) is 17.7 Å². The molecule has 0 aromatic heterocycles. The van der Waals surface area contributed by atoms with Crippen molar-refractivity contribution in [2.24, 2.45) is 0 Å². The van der Waals surface area contributed by atoms with Gasteiger partial charge < -0.3 is 19.9 Å². The van der Waals surface area contributed by atoms with E-state index in [0.717, 1.165) is 19.4 Å². The van der Waals surface area contributed by atoms with E-state index >= 15 is 0 Å². The van der Waals surface area contributed by atoms with Crippen molar-refractivity contribution in [1.82, 2.24) is 5.32 Å². The molecule has 2 N–H and O–H groups in total. The average Bonchev–Trinajstić information content (AvgIpc) is 2.39. The molecule has 1 atom stereocenters. The van der Waals surface area contributed by atoms with Crippen molar-refractivity contribution < 1.29 is 14.6 Å². The first-order valence-corrected chi connectivity index (χ1v) is 7.46. The number of aliphatic hydroxyl groups is 1. The minimum atomic E-state index is -0.528. The molecule has 0 spiro atoms. The third-order valence-electron chi connectivity index (χ3n) is 3.38. The monoisotopic (exact) mass is 299 g/mol. The number of nitrogens with one attached hydrogen (secondary N) is 1. The maximum absolute atomic E-state index is 9.87. The van der Waals surface area contributed by atoms with Gasteiger partial charge in [-0.05, 0) is 38.0 Å². The van der Waals surface area contributed by atoms with Crippen LogP contribution in [0.15, 0.2) is 24.3 Å². The minimum absolute atomic E-state index is 0.259. The number of benzene rings is 1. The number of halogens is 1. The van der Waals surface area contributed by atoms with Crippen LogP contribution in [0, 0.1) is 0 Å². The summed E-state index contributed by atoms with van der Waals surface area (Å²) < 4.78 is 11.0. The molecule has 5 heteroatoms. The molecule has 1 aromatic rings. The van der Waals surface area contributed by atoms with Gasteiger partial charge in [-0.25, -0.2) is 0 Å². The smallest absolute Gasteiger partial charge is 0.120 e. The summed E-state index contributed by atoms with van der Waals surface area (Å²) in [6, 6.07) is 7.63.